The van der Waals surface area contributed by atoms with Crippen LogP contribution in [0.25, 0.3) is 0 Å². The molecule has 3 rings (SSSR count). The second-order valence-electron chi connectivity index (χ2n) is 6.41. The number of rotatable bonds is 5. The minimum absolute atomic E-state index is 0.299. The summed E-state index contributed by atoms with van der Waals surface area (Å²) in [5, 5.41) is 5.55. The SMILES string of the molecule is O=C(NCC1CCCN(Cc2ccccn2)C1)Nc1cccc(F)c1. The topological polar surface area (TPSA) is 57.3 Å². The number of piperidine rings is 1. The molecule has 0 bridgehead atoms. The molecule has 1 saturated heterocycles. The third-order valence-corrected chi connectivity index (χ3v) is 4.35. The van der Waals surface area contributed by atoms with Gasteiger partial charge in [-0.1, -0.05) is 12.1 Å². The molecule has 0 spiro atoms. The van der Waals surface area contributed by atoms with Gasteiger partial charge in [0.05, 0.1) is 5.69 Å². The molecule has 1 aromatic carbocycles. The van der Waals surface area contributed by atoms with Crippen LogP contribution in [0.4, 0.5) is 14.9 Å². The summed E-state index contributed by atoms with van der Waals surface area (Å²) in [4.78, 5) is 18.7. The number of pyridine rings is 1. The number of hydrogen-bond donors (Lipinski definition) is 2. The maximum Gasteiger partial charge on any atom is 0.319 e. The van der Waals surface area contributed by atoms with Crippen molar-refractivity contribution in [1.29, 1.82) is 0 Å². The molecular weight excluding hydrogens is 319 g/mol. The lowest BCUT2D eigenvalue weighted by atomic mass is 9.98. The maximum absolute atomic E-state index is 13.1. The summed E-state index contributed by atoms with van der Waals surface area (Å²) in [6.07, 6.45) is 4.03. The van der Waals surface area contributed by atoms with Gasteiger partial charge < -0.3 is 10.6 Å². The molecule has 2 N–H and O–H groups in total. The van der Waals surface area contributed by atoms with Crippen LogP contribution in [0.1, 0.15) is 18.5 Å². The van der Waals surface area contributed by atoms with E-state index in [9.17, 15) is 9.18 Å². The van der Waals surface area contributed by atoms with Gasteiger partial charge in [-0.3, -0.25) is 9.88 Å². The predicted octanol–water partition coefficient (Wildman–Crippen LogP) is 3.25. The van der Waals surface area contributed by atoms with Crippen molar-refractivity contribution < 1.29 is 9.18 Å². The van der Waals surface area contributed by atoms with Gasteiger partial charge in [0, 0.05) is 31.5 Å². The lowest BCUT2D eigenvalue weighted by molar-refractivity contribution is 0.164. The van der Waals surface area contributed by atoms with Crippen molar-refractivity contribution in [2.45, 2.75) is 19.4 Å². The fraction of sp³-hybridized carbons (Fsp3) is 0.368. The van der Waals surface area contributed by atoms with Crippen molar-refractivity contribution >= 4 is 11.7 Å². The molecule has 2 amide bonds. The highest BCUT2D eigenvalue weighted by Crippen LogP contribution is 2.17. The van der Waals surface area contributed by atoms with Crippen molar-refractivity contribution in [2.75, 3.05) is 25.0 Å². The van der Waals surface area contributed by atoms with Gasteiger partial charge in [0.25, 0.3) is 0 Å². The van der Waals surface area contributed by atoms with E-state index in [0.717, 1.165) is 38.2 Å². The second kappa shape index (κ2) is 8.58. The highest BCUT2D eigenvalue weighted by molar-refractivity contribution is 5.89. The Balaban J connectivity index is 1.44. The molecule has 0 radical (unpaired) electrons. The van der Waals surface area contributed by atoms with E-state index in [1.165, 1.54) is 12.1 Å². The summed E-state index contributed by atoms with van der Waals surface area (Å²) in [7, 11) is 0. The van der Waals surface area contributed by atoms with Crippen LogP contribution in [-0.4, -0.2) is 35.5 Å². The Kier molecular flexibility index (Phi) is 5.95. The molecule has 1 unspecified atom stereocenters. The van der Waals surface area contributed by atoms with Crippen molar-refractivity contribution in [3.8, 4) is 0 Å². The minimum Gasteiger partial charge on any atom is -0.338 e. The molecule has 1 fully saturated rings. The van der Waals surface area contributed by atoms with Crippen LogP contribution < -0.4 is 10.6 Å². The van der Waals surface area contributed by atoms with E-state index in [4.69, 9.17) is 0 Å². The first-order chi connectivity index (χ1) is 12.2. The van der Waals surface area contributed by atoms with Crippen LogP contribution in [0, 0.1) is 11.7 Å². The van der Waals surface area contributed by atoms with E-state index in [2.05, 4.69) is 20.5 Å². The first kappa shape index (κ1) is 17.4. The number of nitrogens with one attached hydrogen (secondary N) is 2. The van der Waals surface area contributed by atoms with E-state index < -0.39 is 0 Å². The quantitative estimate of drug-likeness (QED) is 0.877. The number of amides is 2. The maximum atomic E-state index is 13.1. The molecular formula is C19H23FN4O. The fourth-order valence-corrected chi connectivity index (χ4v) is 3.16. The smallest absolute Gasteiger partial charge is 0.319 e. The minimum atomic E-state index is -0.366. The number of hydrogen-bond acceptors (Lipinski definition) is 3. The average molecular weight is 342 g/mol. The number of carbonyl (C=O) groups is 1. The van der Waals surface area contributed by atoms with Gasteiger partial charge in [0.2, 0.25) is 0 Å². The third-order valence-electron chi connectivity index (χ3n) is 4.35. The Morgan fingerprint density at radius 1 is 1.28 bits per heavy atom. The molecule has 1 atom stereocenters. The van der Waals surface area contributed by atoms with E-state index in [1.54, 1.807) is 12.1 Å². The molecule has 0 saturated carbocycles. The molecule has 6 heteroatoms. The highest BCUT2D eigenvalue weighted by Gasteiger charge is 2.20. The summed E-state index contributed by atoms with van der Waals surface area (Å²) in [6, 6.07) is 11.5. The van der Waals surface area contributed by atoms with Crippen molar-refractivity contribution in [1.82, 2.24) is 15.2 Å². The number of aromatic nitrogens is 1. The molecule has 0 aliphatic carbocycles. The van der Waals surface area contributed by atoms with E-state index in [-0.39, 0.29) is 11.8 Å². The van der Waals surface area contributed by atoms with Gasteiger partial charge in [0.15, 0.2) is 0 Å². The zero-order valence-corrected chi connectivity index (χ0v) is 14.1. The first-order valence-corrected chi connectivity index (χ1v) is 8.62. The van der Waals surface area contributed by atoms with E-state index in [0.29, 0.717) is 18.2 Å². The standard InChI is InChI=1S/C19H23FN4O/c20-16-6-3-8-17(11-16)23-19(25)22-12-15-5-4-10-24(13-15)14-18-7-1-2-9-21-18/h1-3,6-9,11,15H,4-5,10,12-14H2,(H2,22,23,25). The van der Waals surface area contributed by atoms with Crippen LogP contribution in [0.3, 0.4) is 0 Å². The van der Waals surface area contributed by atoms with E-state index >= 15 is 0 Å². The number of likely N-dealkylation sites (tertiary alicyclic amines) is 1. The summed E-state index contributed by atoms with van der Waals surface area (Å²) in [5.74, 6) is 0.0472. The molecule has 25 heavy (non-hydrogen) atoms. The van der Waals surface area contributed by atoms with Gasteiger partial charge in [-0.2, -0.15) is 0 Å². The van der Waals surface area contributed by atoms with E-state index in [1.807, 2.05) is 24.4 Å². The largest absolute Gasteiger partial charge is 0.338 e. The molecule has 5 nitrogen and oxygen atoms in total. The first-order valence-electron chi connectivity index (χ1n) is 8.62. The van der Waals surface area contributed by atoms with Crippen molar-refractivity contribution in [2.24, 2.45) is 5.92 Å². The fourth-order valence-electron chi connectivity index (χ4n) is 3.16. The molecule has 1 aliphatic heterocycles. The summed E-state index contributed by atoms with van der Waals surface area (Å²) in [5.41, 5.74) is 1.53. The number of halogens is 1. The zero-order valence-electron chi connectivity index (χ0n) is 14.1. The number of carbonyl (C=O) groups excluding carboxylic acids is 1. The summed E-state index contributed by atoms with van der Waals surface area (Å²) < 4.78 is 13.1. The predicted molar refractivity (Wildman–Crippen MR) is 95.7 cm³/mol. The van der Waals surface area contributed by atoms with Gasteiger partial charge in [0.1, 0.15) is 5.82 Å². The Labute approximate surface area is 147 Å². The normalized spacial score (nSPS) is 17.9. The zero-order chi connectivity index (χ0) is 17.5. The summed E-state index contributed by atoms with van der Waals surface area (Å²) >= 11 is 0. The molecule has 2 heterocycles. The van der Waals surface area contributed by atoms with Crippen molar-refractivity contribution in [3.63, 3.8) is 0 Å². The molecule has 2 aromatic rings. The highest BCUT2D eigenvalue weighted by atomic mass is 19.1. The van der Waals surface area contributed by atoms with Crippen LogP contribution in [0.2, 0.25) is 0 Å². The Morgan fingerprint density at radius 2 is 2.20 bits per heavy atom. The number of nitrogens with zero attached hydrogens (tertiary/aromatic N) is 2. The van der Waals surface area contributed by atoms with Crippen LogP contribution >= 0.6 is 0 Å². The lowest BCUT2D eigenvalue weighted by Gasteiger charge is -2.32. The Bertz CT molecular complexity index is 695. The number of anilines is 1. The molecule has 1 aliphatic rings. The van der Waals surface area contributed by atoms with Crippen LogP contribution in [0.5, 0.6) is 0 Å². The lowest BCUT2D eigenvalue weighted by Crippen LogP contribution is -2.41. The molecule has 1 aromatic heterocycles. The third kappa shape index (κ3) is 5.53. The average Bonchev–Trinajstić information content (AvgIpc) is 2.61. The summed E-state index contributed by atoms with van der Waals surface area (Å²) in [6.45, 7) is 3.45. The van der Waals surface area contributed by atoms with Crippen LogP contribution in [-0.2, 0) is 6.54 Å². The number of urea groups is 1. The van der Waals surface area contributed by atoms with Crippen LogP contribution in [0.15, 0.2) is 48.7 Å². The molecule has 132 valence electrons. The monoisotopic (exact) mass is 342 g/mol. The number of benzene rings is 1. The second-order valence-corrected chi connectivity index (χ2v) is 6.41. The van der Waals surface area contributed by atoms with Gasteiger partial charge in [-0.05, 0) is 55.6 Å². The van der Waals surface area contributed by atoms with Crippen molar-refractivity contribution in [3.05, 3.63) is 60.2 Å². The van der Waals surface area contributed by atoms with Gasteiger partial charge >= 0.3 is 6.03 Å². The Morgan fingerprint density at radius 3 is 3.00 bits per heavy atom. The van der Waals surface area contributed by atoms with Gasteiger partial charge in [-0.25, -0.2) is 9.18 Å². The Hall–Kier alpha value is -2.47. The van der Waals surface area contributed by atoms with Gasteiger partial charge in [-0.15, -0.1) is 0 Å².